The Morgan fingerprint density at radius 1 is 1.44 bits per heavy atom. The molecule has 0 amide bonds. The second-order valence-corrected chi connectivity index (χ2v) is 4.61. The van der Waals surface area contributed by atoms with E-state index < -0.39 is 40.8 Å². The van der Waals surface area contributed by atoms with Crippen LogP contribution < -0.4 is 11.5 Å². The summed E-state index contributed by atoms with van der Waals surface area (Å²) in [5.41, 5.74) is 6.51. The van der Waals surface area contributed by atoms with Crippen LogP contribution in [0.2, 0.25) is 0 Å². The van der Waals surface area contributed by atoms with Crippen LogP contribution in [0.4, 0.5) is 0 Å². The molecule has 0 heterocycles. The number of ketones is 3. The molecular formula is C11H14N2O5. The Balaban J connectivity index is 3.28. The lowest BCUT2D eigenvalue weighted by molar-refractivity contribution is -0.151. The molecule has 0 radical (unpaired) electrons. The molecule has 0 bridgehead atoms. The maximum atomic E-state index is 12.1. The first-order valence-electron chi connectivity index (χ1n) is 5.15. The second kappa shape index (κ2) is 4.11. The van der Waals surface area contributed by atoms with Crippen molar-refractivity contribution in [1.82, 2.24) is 0 Å². The molecular weight excluding hydrogens is 240 g/mol. The minimum Gasteiger partial charge on any atom is -0.480 e. The van der Waals surface area contributed by atoms with Crippen molar-refractivity contribution >= 4 is 23.3 Å². The number of allylic oxidation sites excluding steroid dienone is 1. The number of hydrogen-bond acceptors (Lipinski definition) is 6. The van der Waals surface area contributed by atoms with Gasteiger partial charge >= 0.3 is 5.97 Å². The molecule has 1 aliphatic rings. The van der Waals surface area contributed by atoms with Crippen LogP contribution in [0.15, 0.2) is 11.6 Å². The number of carboxylic acid groups (broad SMARTS) is 1. The van der Waals surface area contributed by atoms with E-state index in [1.807, 2.05) is 0 Å². The number of hydrogen-bond donors (Lipinski definition) is 3. The molecule has 18 heavy (non-hydrogen) atoms. The molecule has 0 fully saturated rings. The summed E-state index contributed by atoms with van der Waals surface area (Å²) in [5, 5.41) is 8.86. The van der Waals surface area contributed by atoms with E-state index in [1.54, 1.807) is 0 Å². The molecule has 1 aliphatic carbocycles. The quantitative estimate of drug-likeness (QED) is 0.523. The summed E-state index contributed by atoms with van der Waals surface area (Å²) in [6.07, 6.45) is 0.511. The van der Waals surface area contributed by atoms with Gasteiger partial charge in [0.05, 0.1) is 0 Å². The normalized spacial score (nSPS) is 27.4. The maximum Gasteiger partial charge on any atom is 0.331 e. The Kier molecular flexibility index (Phi) is 3.24. The van der Waals surface area contributed by atoms with Gasteiger partial charge in [-0.05, 0) is 25.5 Å². The second-order valence-electron chi connectivity index (χ2n) is 4.61. The standard InChI is InChI=1S/C11H14N2O5/c1-5-3-6(14)4-11(13,7(5)15)8(16)10(2,12)9(17)18/h3H,4,12-13H2,1-2H3,(H,17,18). The predicted octanol–water partition coefficient (Wildman–Crippen LogP) is -1.46. The predicted molar refractivity (Wildman–Crippen MR) is 60.5 cm³/mol. The molecule has 0 saturated carbocycles. The van der Waals surface area contributed by atoms with E-state index in [9.17, 15) is 19.2 Å². The molecule has 0 saturated heterocycles. The van der Waals surface area contributed by atoms with Crippen molar-refractivity contribution in [2.24, 2.45) is 11.5 Å². The molecule has 0 spiro atoms. The highest BCUT2D eigenvalue weighted by atomic mass is 16.4. The van der Waals surface area contributed by atoms with Gasteiger partial charge in [-0.2, -0.15) is 0 Å². The van der Waals surface area contributed by atoms with Crippen LogP contribution in [0, 0.1) is 0 Å². The molecule has 5 N–H and O–H groups in total. The molecule has 1 rings (SSSR count). The maximum absolute atomic E-state index is 12.1. The van der Waals surface area contributed by atoms with Crippen LogP contribution in [0.25, 0.3) is 0 Å². The van der Waals surface area contributed by atoms with Crippen molar-refractivity contribution in [3.8, 4) is 0 Å². The molecule has 98 valence electrons. The Hall–Kier alpha value is -1.86. The summed E-state index contributed by atoms with van der Waals surface area (Å²) >= 11 is 0. The van der Waals surface area contributed by atoms with Crippen LogP contribution in [-0.2, 0) is 19.2 Å². The summed E-state index contributed by atoms with van der Waals surface area (Å²) in [7, 11) is 0. The molecule has 0 aromatic heterocycles. The van der Waals surface area contributed by atoms with Gasteiger partial charge < -0.3 is 16.6 Å². The molecule has 0 aliphatic heterocycles. The highest BCUT2D eigenvalue weighted by Gasteiger charge is 2.54. The van der Waals surface area contributed by atoms with Crippen LogP contribution in [-0.4, -0.2) is 39.5 Å². The lowest BCUT2D eigenvalue weighted by Crippen LogP contribution is -2.68. The van der Waals surface area contributed by atoms with E-state index in [1.165, 1.54) is 6.92 Å². The Labute approximate surface area is 103 Å². The van der Waals surface area contributed by atoms with Crippen molar-refractivity contribution in [2.75, 3.05) is 0 Å². The van der Waals surface area contributed by atoms with E-state index in [2.05, 4.69) is 0 Å². The zero-order valence-electron chi connectivity index (χ0n) is 10.0. The van der Waals surface area contributed by atoms with Crippen molar-refractivity contribution in [3.63, 3.8) is 0 Å². The van der Waals surface area contributed by atoms with E-state index in [0.29, 0.717) is 0 Å². The smallest absolute Gasteiger partial charge is 0.331 e. The summed E-state index contributed by atoms with van der Waals surface area (Å²) in [4.78, 5) is 46.2. The van der Waals surface area contributed by atoms with Gasteiger partial charge in [-0.15, -0.1) is 0 Å². The van der Waals surface area contributed by atoms with Crippen molar-refractivity contribution in [2.45, 2.75) is 31.3 Å². The van der Waals surface area contributed by atoms with Gasteiger partial charge in [0.1, 0.15) is 5.54 Å². The number of aliphatic carboxylic acids is 1. The molecule has 7 nitrogen and oxygen atoms in total. The molecule has 2 unspecified atom stereocenters. The van der Waals surface area contributed by atoms with Gasteiger partial charge in [-0.1, -0.05) is 0 Å². The fourth-order valence-electron chi connectivity index (χ4n) is 1.81. The zero-order chi connectivity index (χ0) is 14.3. The minimum absolute atomic E-state index is 0.0169. The number of carbonyl (C=O) groups is 4. The molecule has 7 heteroatoms. The summed E-state index contributed by atoms with van der Waals surface area (Å²) in [5.74, 6) is -4.06. The first-order valence-corrected chi connectivity index (χ1v) is 5.15. The molecule has 0 aromatic rings. The first kappa shape index (κ1) is 14.2. The Bertz CT molecular complexity index is 492. The highest BCUT2D eigenvalue weighted by molar-refractivity contribution is 6.29. The summed E-state index contributed by atoms with van der Waals surface area (Å²) in [6.45, 7) is 2.28. The Morgan fingerprint density at radius 2 is 1.94 bits per heavy atom. The third-order valence-electron chi connectivity index (χ3n) is 2.92. The van der Waals surface area contributed by atoms with Gasteiger partial charge in [0.2, 0.25) is 0 Å². The Morgan fingerprint density at radius 3 is 2.39 bits per heavy atom. The largest absolute Gasteiger partial charge is 0.480 e. The summed E-state index contributed by atoms with van der Waals surface area (Å²) in [6, 6.07) is 0. The fraction of sp³-hybridized carbons (Fsp3) is 0.455. The fourth-order valence-corrected chi connectivity index (χ4v) is 1.81. The lowest BCUT2D eigenvalue weighted by Gasteiger charge is -2.33. The topological polar surface area (TPSA) is 141 Å². The molecule has 0 aromatic carbocycles. The average molecular weight is 254 g/mol. The van der Waals surface area contributed by atoms with Gasteiger partial charge in [-0.3, -0.25) is 14.4 Å². The van der Waals surface area contributed by atoms with Gasteiger partial charge in [0, 0.05) is 6.42 Å². The van der Waals surface area contributed by atoms with Crippen LogP contribution >= 0.6 is 0 Å². The number of carboxylic acids is 1. The van der Waals surface area contributed by atoms with E-state index >= 15 is 0 Å². The van der Waals surface area contributed by atoms with E-state index in [0.717, 1.165) is 13.0 Å². The van der Waals surface area contributed by atoms with Crippen LogP contribution in [0.3, 0.4) is 0 Å². The number of nitrogens with two attached hydrogens (primary N) is 2. The average Bonchev–Trinajstić information content (AvgIpc) is 2.24. The first-order chi connectivity index (χ1) is 8.03. The third-order valence-corrected chi connectivity index (χ3v) is 2.92. The lowest BCUT2D eigenvalue weighted by atomic mass is 9.72. The highest BCUT2D eigenvalue weighted by Crippen LogP contribution is 2.25. The minimum atomic E-state index is -2.32. The van der Waals surface area contributed by atoms with Gasteiger partial charge in [0.15, 0.2) is 22.9 Å². The van der Waals surface area contributed by atoms with Crippen molar-refractivity contribution in [3.05, 3.63) is 11.6 Å². The molecule has 2 atom stereocenters. The third kappa shape index (κ3) is 1.98. The van der Waals surface area contributed by atoms with Gasteiger partial charge in [-0.25, -0.2) is 4.79 Å². The van der Waals surface area contributed by atoms with Crippen molar-refractivity contribution in [1.29, 1.82) is 0 Å². The summed E-state index contributed by atoms with van der Waals surface area (Å²) < 4.78 is 0. The monoisotopic (exact) mass is 254 g/mol. The van der Waals surface area contributed by atoms with E-state index in [-0.39, 0.29) is 5.57 Å². The van der Waals surface area contributed by atoms with Crippen LogP contribution in [0.1, 0.15) is 20.3 Å². The number of rotatable bonds is 3. The number of carbonyl (C=O) groups excluding carboxylic acids is 3. The van der Waals surface area contributed by atoms with Gasteiger partial charge in [0.25, 0.3) is 0 Å². The van der Waals surface area contributed by atoms with Crippen molar-refractivity contribution < 1.29 is 24.3 Å². The zero-order valence-corrected chi connectivity index (χ0v) is 10.0. The SMILES string of the molecule is CC1=CC(=O)CC(N)(C(=O)C(C)(N)C(=O)O)C1=O. The number of Topliss-reactive ketones (excluding diaryl/α,β-unsaturated/α-hetero) is 2. The van der Waals surface area contributed by atoms with E-state index in [4.69, 9.17) is 16.6 Å². The van der Waals surface area contributed by atoms with Crippen LogP contribution in [0.5, 0.6) is 0 Å².